The van der Waals surface area contributed by atoms with E-state index in [1.165, 1.54) is 12.3 Å². The maximum atomic E-state index is 11.0. The SMILES string of the molecule is CNCCC(O)C(O)c1cnc2[nH]c(=O)oc2c1. The minimum Gasteiger partial charge on any atom is -0.406 e. The van der Waals surface area contributed by atoms with Crippen molar-refractivity contribution in [3.05, 3.63) is 28.4 Å². The lowest BCUT2D eigenvalue weighted by atomic mass is 10.0. The van der Waals surface area contributed by atoms with Crippen molar-refractivity contribution in [3.8, 4) is 0 Å². The van der Waals surface area contributed by atoms with E-state index in [1.54, 1.807) is 7.05 Å². The van der Waals surface area contributed by atoms with Gasteiger partial charge in [-0.25, -0.2) is 9.78 Å². The molecular weight excluding hydrogens is 238 g/mol. The molecule has 0 aliphatic carbocycles. The van der Waals surface area contributed by atoms with Gasteiger partial charge in [0.1, 0.15) is 6.10 Å². The molecule has 0 amide bonds. The zero-order valence-electron chi connectivity index (χ0n) is 9.88. The van der Waals surface area contributed by atoms with Crippen LogP contribution in [-0.2, 0) is 0 Å². The summed E-state index contributed by atoms with van der Waals surface area (Å²) in [6.07, 6.45) is -0.147. The van der Waals surface area contributed by atoms with Crippen LogP contribution in [0.15, 0.2) is 21.5 Å². The number of H-pyrrole nitrogens is 1. The zero-order chi connectivity index (χ0) is 13.1. The van der Waals surface area contributed by atoms with E-state index in [-0.39, 0.29) is 5.58 Å². The van der Waals surface area contributed by atoms with E-state index in [2.05, 4.69) is 15.3 Å². The van der Waals surface area contributed by atoms with Crippen molar-refractivity contribution in [2.75, 3.05) is 13.6 Å². The predicted octanol–water partition coefficient (Wildman–Crippen LogP) is -0.480. The lowest BCUT2D eigenvalue weighted by Crippen LogP contribution is -2.23. The Bertz CT molecular complexity index is 577. The molecule has 0 saturated carbocycles. The van der Waals surface area contributed by atoms with Gasteiger partial charge in [0, 0.05) is 11.8 Å². The second kappa shape index (κ2) is 5.30. The third kappa shape index (κ3) is 2.58. The van der Waals surface area contributed by atoms with Crippen LogP contribution in [0.1, 0.15) is 18.1 Å². The molecule has 18 heavy (non-hydrogen) atoms. The van der Waals surface area contributed by atoms with Crippen molar-refractivity contribution in [2.24, 2.45) is 0 Å². The number of pyridine rings is 1. The number of nitrogens with zero attached hydrogens (tertiary/aromatic N) is 1. The fourth-order valence-electron chi connectivity index (χ4n) is 1.69. The topological polar surface area (TPSA) is 111 Å². The Hall–Kier alpha value is -1.70. The first-order chi connectivity index (χ1) is 8.61. The van der Waals surface area contributed by atoms with Crippen molar-refractivity contribution in [1.82, 2.24) is 15.3 Å². The summed E-state index contributed by atoms with van der Waals surface area (Å²) in [5.74, 6) is -0.597. The van der Waals surface area contributed by atoms with Gasteiger partial charge in [0.25, 0.3) is 0 Å². The molecule has 0 bridgehead atoms. The number of aliphatic hydroxyl groups excluding tert-OH is 2. The van der Waals surface area contributed by atoms with Crippen molar-refractivity contribution < 1.29 is 14.6 Å². The van der Waals surface area contributed by atoms with Crippen molar-refractivity contribution >= 4 is 11.2 Å². The number of aliphatic hydroxyl groups is 2. The van der Waals surface area contributed by atoms with Gasteiger partial charge in [-0.15, -0.1) is 0 Å². The highest BCUT2D eigenvalue weighted by atomic mass is 16.4. The molecule has 98 valence electrons. The molecule has 0 aliphatic rings. The van der Waals surface area contributed by atoms with E-state index in [0.717, 1.165) is 0 Å². The second-order valence-electron chi connectivity index (χ2n) is 4.03. The van der Waals surface area contributed by atoms with Gasteiger partial charge in [-0.3, -0.25) is 4.98 Å². The molecule has 4 N–H and O–H groups in total. The van der Waals surface area contributed by atoms with Gasteiger partial charge in [-0.2, -0.15) is 0 Å². The Labute approximate surface area is 102 Å². The molecule has 7 nitrogen and oxygen atoms in total. The Morgan fingerprint density at radius 1 is 1.56 bits per heavy atom. The molecule has 7 heteroatoms. The van der Waals surface area contributed by atoms with Crippen LogP contribution in [0, 0.1) is 0 Å². The summed E-state index contributed by atoms with van der Waals surface area (Å²) >= 11 is 0. The van der Waals surface area contributed by atoms with Gasteiger partial charge in [0.15, 0.2) is 11.2 Å². The van der Waals surface area contributed by atoms with Crippen LogP contribution in [0.3, 0.4) is 0 Å². The summed E-state index contributed by atoms with van der Waals surface area (Å²) in [4.78, 5) is 17.3. The van der Waals surface area contributed by atoms with Gasteiger partial charge in [0.05, 0.1) is 6.10 Å². The number of aromatic nitrogens is 2. The number of oxazole rings is 1. The predicted molar refractivity (Wildman–Crippen MR) is 64.1 cm³/mol. The lowest BCUT2D eigenvalue weighted by Gasteiger charge is -2.17. The number of nitrogens with one attached hydrogen (secondary N) is 2. The zero-order valence-corrected chi connectivity index (χ0v) is 9.88. The largest absolute Gasteiger partial charge is 0.418 e. The number of aromatic amines is 1. The molecular formula is C11H15N3O4. The fraction of sp³-hybridized carbons (Fsp3) is 0.455. The number of fused-ring (bicyclic) bond motifs is 1. The van der Waals surface area contributed by atoms with E-state index >= 15 is 0 Å². The number of hydrogen-bond acceptors (Lipinski definition) is 6. The van der Waals surface area contributed by atoms with Crippen molar-refractivity contribution in [1.29, 1.82) is 0 Å². The molecule has 2 heterocycles. The summed E-state index contributed by atoms with van der Waals surface area (Å²) in [7, 11) is 1.77. The second-order valence-corrected chi connectivity index (χ2v) is 4.03. The average Bonchev–Trinajstić information content (AvgIpc) is 2.73. The van der Waals surface area contributed by atoms with Crippen LogP contribution in [0.4, 0.5) is 0 Å². The molecule has 0 spiro atoms. The molecule has 0 fully saturated rings. The van der Waals surface area contributed by atoms with E-state index in [0.29, 0.717) is 24.2 Å². The van der Waals surface area contributed by atoms with E-state index in [1.807, 2.05) is 0 Å². The number of rotatable bonds is 5. The molecule has 0 aliphatic heterocycles. The van der Waals surface area contributed by atoms with Gasteiger partial charge in [-0.05, 0) is 26.1 Å². The summed E-state index contributed by atoms with van der Waals surface area (Å²) in [6.45, 7) is 0.590. The van der Waals surface area contributed by atoms with Crippen LogP contribution in [0.25, 0.3) is 11.2 Å². The highest BCUT2D eigenvalue weighted by molar-refractivity contribution is 5.67. The van der Waals surface area contributed by atoms with Crippen LogP contribution >= 0.6 is 0 Å². The van der Waals surface area contributed by atoms with E-state index in [4.69, 9.17) is 4.42 Å². The third-order valence-corrected chi connectivity index (χ3v) is 2.69. The van der Waals surface area contributed by atoms with Gasteiger partial charge in [0.2, 0.25) is 0 Å². The lowest BCUT2D eigenvalue weighted by molar-refractivity contribution is 0.0139. The smallest absolute Gasteiger partial charge is 0.406 e. The first-order valence-electron chi connectivity index (χ1n) is 5.61. The minimum absolute atomic E-state index is 0.261. The molecule has 0 aromatic carbocycles. The normalized spacial score (nSPS) is 14.8. The summed E-state index contributed by atoms with van der Waals surface area (Å²) in [5, 5.41) is 22.6. The Morgan fingerprint density at radius 2 is 2.33 bits per heavy atom. The molecule has 2 atom stereocenters. The third-order valence-electron chi connectivity index (χ3n) is 2.69. The highest BCUT2D eigenvalue weighted by Crippen LogP contribution is 2.20. The maximum absolute atomic E-state index is 11.0. The van der Waals surface area contributed by atoms with Crippen LogP contribution in [0.2, 0.25) is 0 Å². The Kier molecular flexibility index (Phi) is 3.75. The minimum atomic E-state index is -1.06. The first-order valence-corrected chi connectivity index (χ1v) is 5.61. The van der Waals surface area contributed by atoms with Crippen LogP contribution in [-0.4, -0.2) is 39.9 Å². The fourth-order valence-corrected chi connectivity index (χ4v) is 1.69. The Morgan fingerprint density at radius 3 is 3.06 bits per heavy atom. The van der Waals surface area contributed by atoms with E-state index in [9.17, 15) is 15.0 Å². The molecule has 2 aromatic heterocycles. The molecule has 2 aromatic rings. The van der Waals surface area contributed by atoms with Gasteiger partial charge in [-0.1, -0.05) is 0 Å². The van der Waals surface area contributed by atoms with Gasteiger partial charge < -0.3 is 19.9 Å². The highest BCUT2D eigenvalue weighted by Gasteiger charge is 2.19. The average molecular weight is 253 g/mol. The first kappa shape index (κ1) is 12.7. The molecule has 2 rings (SSSR count). The number of hydrogen-bond donors (Lipinski definition) is 4. The van der Waals surface area contributed by atoms with Crippen LogP contribution < -0.4 is 11.1 Å². The maximum Gasteiger partial charge on any atom is 0.418 e. The summed E-state index contributed by atoms with van der Waals surface area (Å²) in [6, 6.07) is 1.49. The molecule has 2 unspecified atom stereocenters. The van der Waals surface area contributed by atoms with Crippen molar-refractivity contribution in [2.45, 2.75) is 18.6 Å². The standard InChI is InChI=1S/C11H15N3O4/c1-12-3-2-7(15)9(16)6-4-8-10(13-5-6)14-11(17)18-8/h4-5,7,9,12,15-16H,2-3H2,1H3,(H,13,14,17). The van der Waals surface area contributed by atoms with E-state index < -0.39 is 18.0 Å². The van der Waals surface area contributed by atoms with Gasteiger partial charge >= 0.3 is 5.76 Å². The quantitative estimate of drug-likeness (QED) is 0.572. The Balaban J connectivity index is 2.21. The van der Waals surface area contributed by atoms with Crippen LogP contribution in [0.5, 0.6) is 0 Å². The van der Waals surface area contributed by atoms with Crippen molar-refractivity contribution in [3.63, 3.8) is 0 Å². The monoisotopic (exact) mass is 253 g/mol. The summed E-state index contributed by atoms with van der Waals surface area (Å²) in [5.41, 5.74) is 0.992. The molecule has 0 radical (unpaired) electrons. The summed E-state index contributed by atoms with van der Waals surface area (Å²) < 4.78 is 4.84. The molecule has 0 saturated heterocycles.